The molecule has 6 heteroatoms. The number of nitrogens with one attached hydrogen (secondary N) is 2. The third kappa shape index (κ3) is 1.93. The number of fused-ring (bicyclic) bond motifs is 2. The van der Waals surface area contributed by atoms with Gasteiger partial charge < -0.3 is 10.2 Å². The first-order chi connectivity index (χ1) is 8.24. The van der Waals surface area contributed by atoms with Crippen molar-refractivity contribution in [2.75, 3.05) is 7.05 Å². The van der Waals surface area contributed by atoms with Crippen LogP contribution < -0.4 is 5.32 Å². The van der Waals surface area contributed by atoms with E-state index in [4.69, 9.17) is 0 Å². The maximum Gasteiger partial charge on any atom is 0.291 e. The summed E-state index contributed by atoms with van der Waals surface area (Å²) in [6.07, 6.45) is 5.95. The van der Waals surface area contributed by atoms with Gasteiger partial charge in [-0.1, -0.05) is 0 Å². The smallest absolute Gasteiger partial charge is 0.291 e. The van der Waals surface area contributed by atoms with Gasteiger partial charge >= 0.3 is 0 Å². The van der Waals surface area contributed by atoms with E-state index in [-0.39, 0.29) is 5.91 Å². The van der Waals surface area contributed by atoms with Crippen LogP contribution in [-0.2, 0) is 0 Å². The molecule has 2 fully saturated rings. The van der Waals surface area contributed by atoms with E-state index in [1.807, 2.05) is 11.9 Å². The molecule has 2 bridgehead atoms. The van der Waals surface area contributed by atoms with E-state index in [2.05, 4.69) is 20.5 Å². The van der Waals surface area contributed by atoms with Crippen molar-refractivity contribution in [1.82, 2.24) is 25.4 Å². The highest BCUT2D eigenvalue weighted by molar-refractivity contribution is 5.90. The number of nitrogens with zero attached hydrogens (tertiary/aromatic N) is 3. The Morgan fingerprint density at radius 2 is 2.12 bits per heavy atom. The first-order valence-electron chi connectivity index (χ1n) is 6.12. The summed E-state index contributed by atoms with van der Waals surface area (Å²) >= 11 is 0. The molecule has 2 aliphatic rings. The number of carbonyl (C=O) groups excluding carboxylic acids is 1. The molecule has 2 saturated heterocycles. The molecule has 1 aromatic rings. The zero-order valence-electron chi connectivity index (χ0n) is 9.89. The van der Waals surface area contributed by atoms with Crippen LogP contribution in [0.1, 0.15) is 36.3 Å². The second kappa shape index (κ2) is 4.10. The lowest BCUT2D eigenvalue weighted by molar-refractivity contribution is 0.0670. The number of amides is 1. The molecule has 0 aliphatic carbocycles. The minimum Gasteiger partial charge on any atom is -0.336 e. The van der Waals surface area contributed by atoms with Crippen LogP contribution in [-0.4, -0.2) is 51.2 Å². The van der Waals surface area contributed by atoms with Gasteiger partial charge in [-0.25, -0.2) is 4.98 Å². The van der Waals surface area contributed by atoms with E-state index in [0.29, 0.717) is 23.9 Å². The normalized spacial score (nSPS) is 31.5. The van der Waals surface area contributed by atoms with E-state index in [0.717, 1.165) is 12.8 Å². The predicted octanol–water partition coefficient (Wildman–Crippen LogP) is 0.160. The Balaban J connectivity index is 1.70. The van der Waals surface area contributed by atoms with Crippen LogP contribution >= 0.6 is 0 Å². The quantitative estimate of drug-likeness (QED) is 0.765. The lowest BCUT2D eigenvalue weighted by Gasteiger charge is -2.35. The largest absolute Gasteiger partial charge is 0.336 e. The summed E-state index contributed by atoms with van der Waals surface area (Å²) in [4.78, 5) is 17.8. The van der Waals surface area contributed by atoms with Gasteiger partial charge in [0, 0.05) is 25.2 Å². The number of aromatic amines is 1. The van der Waals surface area contributed by atoms with Gasteiger partial charge in [0.2, 0.25) is 5.82 Å². The number of aromatic nitrogens is 3. The van der Waals surface area contributed by atoms with Gasteiger partial charge in [-0.15, -0.1) is 0 Å². The number of rotatable bonds is 2. The summed E-state index contributed by atoms with van der Waals surface area (Å²) in [5.41, 5.74) is 0. The standard InChI is InChI=1S/C11H17N5O/c1-16(11(17)10-12-6-13-15-10)9-4-7-2-3-8(5-9)14-7/h6-9,14H,2-5H2,1H3,(H,12,13,15). The molecule has 92 valence electrons. The van der Waals surface area contributed by atoms with E-state index in [1.54, 1.807) is 0 Å². The Labute approximate surface area is 99.8 Å². The lowest BCUT2D eigenvalue weighted by atomic mass is 9.98. The SMILES string of the molecule is CN(C(=O)c1ncn[nH]1)C1CC2CCC(C1)N2. The number of H-pyrrole nitrogens is 1. The molecule has 6 nitrogen and oxygen atoms in total. The van der Waals surface area contributed by atoms with Crippen LogP contribution in [0.25, 0.3) is 0 Å². The fourth-order valence-electron chi connectivity index (χ4n) is 2.98. The van der Waals surface area contributed by atoms with Crippen molar-refractivity contribution in [3.05, 3.63) is 12.2 Å². The van der Waals surface area contributed by atoms with Gasteiger partial charge in [-0.05, 0) is 25.7 Å². The highest BCUT2D eigenvalue weighted by Crippen LogP contribution is 2.29. The first kappa shape index (κ1) is 10.7. The Morgan fingerprint density at radius 1 is 1.41 bits per heavy atom. The van der Waals surface area contributed by atoms with E-state index >= 15 is 0 Å². The maximum absolute atomic E-state index is 12.1. The molecule has 1 amide bonds. The van der Waals surface area contributed by atoms with Crippen molar-refractivity contribution in [2.24, 2.45) is 0 Å². The molecular formula is C11H17N5O. The zero-order valence-corrected chi connectivity index (χ0v) is 9.89. The number of piperidine rings is 1. The Bertz CT molecular complexity index is 392. The van der Waals surface area contributed by atoms with Crippen molar-refractivity contribution in [3.63, 3.8) is 0 Å². The molecule has 0 spiro atoms. The first-order valence-corrected chi connectivity index (χ1v) is 6.12. The summed E-state index contributed by atoms with van der Waals surface area (Å²) in [6, 6.07) is 1.50. The fraction of sp³-hybridized carbons (Fsp3) is 0.727. The van der Waals surface area contributed by atoms with Crippen molar-refractivity contribution in [1.29, 1.82) is 0 Å². The second-order valence-electron chi connectivity index (χ2n) is 5.01. The predicted molar refractivity (Wildman–Crippen MR) is 61.4 cm³/mol. The van der Waals surface area contributed by atoms with E-state index < -0.39 is 0 Å². The van der Waals surface area contributed by atoms with Crippen molar-refractivity contribution in [3.8, 4) is 0 Å². The average molecular weight is 235 g/mol. The molecule has 3 heterocycles. The Morgan fingerprint density at radius 3 is 2.71 bits per heavy atom. The van der Waals surface area contributed by atoms with Crippen LogP contribution in [0, 0.1) is 0 Å². The molecule has 1 aromatic heterocycles. The third-order valence-corrected chi connectivity index (χ3v) is 3.93. The number of carbonyl (C=O) groups is 1. The Hall–Kier alpha value is -1.43. The van der Waals surface area contributed by atoms with Crippen LogP contribution in [0.15, 0.2) is 6.33 Å². The topological polar surface area (TPSA) is 73.9 Å². The minimum atomic E-state index is -0.0613. The van der Waals surface area contributed by atoms with Gasteiger partial charge in [0.25, 0.3) is 5.91 Å². The highest BCUT2D eigenvalue weighted by atomic mass is 16.2. The summed E-state index contributed by atoms with van der Waals surface area (Å²) in [6.45, 7) is 0. The minimum absolute atomic E-state index is 0.0613. The Kier molecular flexibility index (Phi) is 2.58. The summed E-state index contributed by atoms with van der Waals surface area (Å²) in [7, 11) is 1.86. The number of hydrogen-bond acceptors (Lipinski definition) is 4. The third-order valence-electron chi connectivity index (χ3n) is 3.93. The summed E-state index contributed by atoms with van der Waals surface area (Å²) in [5, 5.41) is 9.92. The van der Waals surface area contributed by atoms with Gasteiger partial charge in [0.15, 0.2) is 0 Å². The molecule has 0 radical (unpaired) electrons. The average Bonchev–Trinajstić information content (AvgIpc) is 2.97. The van der Waals surface area contributed by atoms with E-state index in [9.17, 15) is 4.79 Å². The molecule has 0 saturated carbocycles. The van der Waals surface area contributed by atoms with E-state index in [1.165, 1.54) is 19.2 Å². The maximum atomic E-state index is 12.1. The van der Waals surface area contributed by atoms with Gasteiger partial charge in [-0.3, -0.25) is 9.89 Å². The second-order valence-corrected chi connectivity index (χ2v) is 5.01. The molecule has 2 atom stereocenters. The highest BCUT2D eigenvalue weighted by Gasteiger charge is 2.36. The van der Waals surface area contributed by atoms with Gasteiger partial charge in [0.05, 0.1) is 0 Å². The number of hydrogen-bond donors (Lipinski definition) is 2. The molecule has 2 aliphatic heterocycles. The lowest BCUT2D eigenvalue weighted by Crippen LogP contribution is -2.48. The molecule has 3 rings (SSSR count). The molecule has 2 N–H and O–H groups in total. The van der Waals surface area contributed by atoms with Crippen LogP contribution in [0.4, 0.5) is 0 Å². The molecule has 2 unspecified atom stereocenters. The molecular weight excluding hydrogens is 218 g/mol. The monoisotopic (exact) mass is 235 g/mol. The fourth-order valence-corrected chi connectivity index (χ4v) is 2.98. The van der Waals surface area contributed by atoms with Gasteiger partial charge in [-0.2, -0.15) is 5.10 Å². The van der Waals surface area contributed by atoms with Crippen LogP contribution in [0.2, 0.25) is 0 Å². The molecule has 17 heavy (non-hydrogen) atoms. The summed E-state index contributed by atoms with van der Waals surface area (Å²) in [5.74, 6) is 0.271. The van der Waals surface area contributed by atoms with Gasteiger partial charge in [0.1, 0.15) is 6.33 Å². The van der Waals surface area contributed by atoms with Crippen molar-refractivity contribution in [2.45, 2.75) is 43.8 Å². The molecule has 0 aromatic carbocycles. The van der Waals surface area contributed by atoms with Crippen LogP contribution in [0.5, 0.6) is 0 Å². The van der Waals surface area contributed by atoms with Crippen molar-refractivity contribution < 1.29 is 4.79 Å². The zero-order chi connectivity index (χ0) is 11.8. The summed E-state index contributed by atoms with van der Waals surface area (Å²) < 4.78 is 0. The van der Waals surface area contributed by atoms with Crippen LogP contribution in [0.3, 0.4) is 0 Å². The van der Waals surface area contributed by atoms with Crippen molar-refractivity contribution >= 4 is 5.91 Å².